The summed E-state index contributed by atoms with van der Waals surface area (Å²) in [6.45, 7) is 3.82. The lowest BCUT2D eigenvalue weighted by Gasteiger charge is -2.26. The zero-order valence-corrected chi connectivity index (χ0v) is 14.1. The van der Waals surface area contributed by atoms with Gasteiger partial charge in [0, 0.05) is 11.5 Å². The van der Waals surface area contributed by atoms with Gasteiger partial charge in [-0.1, -0.05) is 6.07 Å². The number of urea groups is 1. The molecule has 2 amide bonds. The Morgan fingerprint density at radius 3 is 3.00 bits per heavy atom. The van der Waals surface area contributed by atoms with Gasteiger partial charge in [0.1, 0.15) is 5.76 Å². The number of carbonyl (C=O) groups is 1. The normalized spacial score (nSPS) is 18.7. The van der Waals surface area contributed by atoms with Crippen molar-refractivity contribution in [2.45, 2.75) is 45.0 Å². The number of hydrogen-bond acceptors (Lipinski definition) is 4. The highest BCUT2D eigenvalue weighted by Gasteiger charge is 2.26. The maximum atomic E-state index is 12.7. The smallest absolute Gasteiger partial charge is 0.318 e. The second-order valence-electron chi connectivity index (χ2n) is 5.80. The third-order valence-corrected chi connectivity index (χ3v) is 4.88. The van der Waals surface area contributed by atoms with Crippen LogP contribution in [-0.2, 0) is 17.8 Å². The molecule has 3 heterocycles. The summed E-state index contributed by atoms with van der Waals surface area (Å²) in [5.41, 5.74) is 0. The first-order valence-electron chi connectivity index (χ1n) is 7.94. The molecule has 1 aliphatic heterocycles. The van der Waals surface area contributed by atoms with Crippen LogP contribution in [0.1, 0.15) is 30.4 Å². The van der Waals surface area contributed by atoms with Crippen LogP contribution in [0.25, 0.3) is 0 Å². The van der Waals surface area contributed by atoms with E-state index in [9.17, 15) is 4.79 Å². The lowest BCUT2D eigenvalue weighted by Crippen LogP contribution is -2.47. The Kier molecular flexibility index (Phi) is 5.35. The Morgan fingerprint density at radius 2 is 2.35 bits per heavy atom. The molecule has 23 heavy (non-hydrogen) atoms. The summed E-state index contributed by atoms with van der Waals surface area (Å²) in [5.74, 6) is 0.779. The standard InChI is InChI=1S/C17H22N2O3S/c1-13(16-7-3-9-22-16)18-17(20)19(11-14-5-2-8-21-14)12-15-6-4-10-23-15/h2,4-6,8,10,13,16H,3,7,9,11-12H2,1H3,(H,18,20). The van der Waals surface area contributed by atoms with Crippen molar-refractivity contribution in [3.8, 4) is 0 Å². The summed E-state index contributed by atoms with van der Waals surface area (Å²) >= 11 is 1.65. The van der Waals surface area contributed by atoms with Crippen molar-refractivity contribution >= 4 is 17.4 Å². The third-order valence-electron chi connectivity index (χ3n) is 4.01. The molecular weight excluding hydrogens is 312 g/mol. The van der Waals surface area contributed by atoms with Gasteiger partial charge in [0.2, 0.25) is 0 Å². The zero-order chi connectivity index (χ0) is 16.1. The fourth-order valence-electron chi connectivity index (χ4n) is 2.76. The van der Waals surface area contributed by atoms with Crippen molar-refractivity contribution in [2.24, 2.45) is 0 Å². The molecule has 0 radical (unpaired) electrons. The summed E-state index contributed by atoms with van der Waals surface area (Å²) in [4.78, 5) is 15.6. The molecule has 5 nitrogen and oxygen atoms in total. The maximum Gasteiger partial charge on any atom is 0.318 e. The average Bonchev–Trinajstić information content (AvgIpc) is 3.30. The lowest BCUT2D eigenvalue weighted by atomic mass is 10.1. The largest absolute Gasteiger partial charge is 0.467 e. The summed E-state index contributed by atoms with van der Waals surface area (Å²) < 4.78 is 11.1. The fraction of sp³-hybridized carbons (Fsp3) is 0.471. The van der Waals surface area contributed by atoms with E-state index >= 15 is 0 Å². The van der Waals surface area contributed by atoms with Gasteiger partial charge in [-0.25, -0.2) is 4.79 Å². The van der Waals surface area contributed by atoms with Crippen molar-refractivity contribution in [1.29, 1.82) is 0 Å². The number of furan rings is 1. The van der Waals surface area contributed by atoms with Crippen LogP contribution >= 0.6 is 11.3 Å². The van der Waals surface area contributed by atoms with Gasteiger partial charge in [-0.05, 0) is 43.3 Å². The van der Waals surface area contributed by atoms with E-state index in [1.165, 1.54) is 0 Å². The predicted molar refractivity (Wildman–Crippen MR) is 89.2 cm³/mol. The van der Waals surface area contributed by atoms with Crippen LogP contribution in [0.3, 0.4) is 0 Å². The van der Waals surface area contributed by atoms with E-state index < -0.39 is 0 Å². The molecule has 0 saturated carbocycles. The fourth-order valence-corrected chi connectivity index (χ4v) is 3.48. The highest BCUT2D eigenvalue weighted by molar-refractivity contribution is 7.09. The molecule has 0 bridgehead atoms. The molecule has 0 aliphatic carbocycles. The van der Waals surface area contributed by atoms with Crippen molar-refractivity contribution in [3.05, 3.63) is 46.5 Å². The van der Waals surface area contributed by atoms with E-state index in [0.29, 0.717) is 13.1 Å². The molecular formula is C17H22N2O3S. The number of thiophene rings is 1. The first-order chi connectivity index (χ1) is 11.2. The number of amides is 2. The minimum Gasteiger partial charge on any atom is -0.467 e. The van der Waals surface area contributed by atoms with Crippen LogP contribution in [0.4, 0.5) is 4.79 Å². The lowest BCUT2D eigenvalue weighted by molar-refractivity contribution is 0.0826. The molecule has 1 saturated heterocycles. The molecule has 1 aliphatic rings. The number of carbonyl (C=O) groups excluding carboxylic acids is 1. The van der Waals surface area contributed by atoms with Gasteiger partial charge < -0.3 is 19.4 Å². The Bertz CT molecular complexity index is 555. The number of rotatable bonds is 6. The first kappa shape index (κ1) is 16.1. The number of nitrogens with one attached hydrogen (secondary N) is 1. The van der Waals surface area contributed by atoms with Crippen LogP contribution in [0, 0.1) is 0 Å². The van der Waals surface area contributed by atoms with Crippen molar-refractivity contribution < 1.29 is 13.9 Å². The van der Waals surface area contributed by atoms with Gasteiger partial charge in [-0.3, -0.25) is 0 Å². The van der Waals surface area contributed by atoms with E-state index in [1.54, 1.807) is 22.5 Å². The van der Waals surface area contributed by atoms with Gasteiger partial charge in [-0.15, -0.1) is 11.3 Å². The van der Waals surface area contributed by atoms with Gasteiger partial charge in [-0.2, -0.15) is 0 Å². The van der Waals surface area contributed by atoms with Crippen LogP contribution in [0.5, 0.6) is 0 Å². The van der Waals surface area contributed by atoms with E-state index in [2.05, 4.69) is 5.32 Å². The van der Waals surface area contributed by atoms with Crippen LogP contribution in [-0.4, -0.2) is 29.7 Å². The van der Waals surface area contributed by atoms with Crippen LogP contribution < -0.4 is 5.32 Å². The highest BCUT2D eigenvalue weighted by Crippen LogP contribution is 2.18. The second kappa shape index (κ2) is 7.66. The van der Waals surface area contributed by atoms with E-state index in [0.717, 1.165) is 30.1 Å². The SMILES string of the molecule is CC(NC(=O)N(Cc1ccco1)Cc1cccs1)C1CCCO1. The monoisotopic (exact) mass is 334 g/mol. The van der Waals surface area contributed by atoms with E-state index in [-0.39, 0.29) is 18.2 Å². The number of ether oxygens (including phenoxy) is 1. The Balaban J connectivity index is 1.64. The molecule has 2 aromatic heterocycles. The van der Waals surface area contributed by atoms with Crippen LogP contribution in [0.2, 0.25) is 0 Å². The molecule has 3 rings (SSSR count). The van der Waals surface area contributed by atoms with Gasteiger partial charge in [0.05, 0.1) is 31.5 Å². The Hall–Kier alpha value is -1.79. The minimum atomic E-state index is -0.0854. The summed E-state index contributed by atoms with van der Waals surface area (Å²) in [6, 6.07) is 7.68. The molecule has 2 atom stereocenters. The van der Waals surface area contributed by atoms with Crippen molar-refractivity contribution in [2.75, 3.05) is 6.61 Å². The molecule has 0 aromatic carbocycles. The second-order valence-corrected chi connectivity index (χ2v) is 6.84. The van der Waals surface area contributed by atoms with Crippen molar-refractivity contribution in [3.63, 3.8) is 0 Å². The van der Waals surface area contributed by atoms with Crippen molar-refractivity contribution in [1.82, 2.24) is 10.2 Å². The first-order valence-corrected chi connectivity index (χ1v) is 8.82. The molecule has 1 fully saturated rings. The highest BCUT2D eigenvalue weighted by atomic mass is 32.1. The van der Waals surface area contributed by atoms with Gasteiger partial charge >= 0.3 is 6.03 Å². The summed E-state index contributed by atoms with van der Waals surface area (Å²) in [6.07, 6.45) is 3.82. The molecule has 1 N–H and O–H groups in total. The molecule has 124 valence electrons. The van der Waals surface area contributed by atoms with E-state index in [4.69, 9.17) is 9.15 Å². The predicted octanol–water partition coefficient (Wildman–Crippen LogP) is 3.62. The van der Waals surface area contributed by atoms with Crippen LogP contribution in [0.15, 0.2) is 40.3 Å². The van der Waals surface area contributed by atoms with Gasteiger partial charge in [0.25, 0.3) is 0 Å². The Morgan fingerprint density at radius 1 is 1.43 bits per heavy atom. The topological polar surface area (TPSA) is 54.7 Å². The number of hydrogen-bond donors (Lipinski definition) is 1. The molecule has 2 aromatic rings. The molecule has 6 heteroatoms. The average molecular weight is 334 g/mol. The third kappa shape index (κ3) is 4.36. The molecule has 2 unspecified atom stereocenters. The zero-order valence-electron chi connectivity index (χ0n) is 13.2. The van der Waals surface area contributed by atoms with Gasteiger partial charge in [0.15, 0.2) is 0 Å². The quantitative estimate of drug-likeness (QED) is 0.878. The summed E-state index contributed by atoms with van der Waals surface area (Å²) in [5, 5.41) is 5.09. The number of nitrogens with zero attached hydrogens (tertiary/aromatic N) is 1. The Labute approximate surface area is 140 Å². The maximum absolute atomic E-state index is 12.7. The molecule has 0 spiro atoms. The van der Waals surface area contributed by atoms with E-state index in [1.807, 2.05) is 36.6 Å². The minimum absolute atomic E-state index is 0.00689. The summed E-state index contributed by atoms with van der Waals surface area (Å²) in [7, 11) is 0.